The average molecular weight is 211 g/mol. The van der Waals surface area contributed by atoms with Crippen LogP contribution < -0.4 is 11.5 Å². The van der Waals surface area contributed by atoms with Crippen LogP contribution in [0.3, 0.4) is 0 Å². The number of fused-ring (bicyclic) bond motifs is 1. The quantitative estimate of drug-likeness (QED) is 0.614. The molecular formula is C8H9N3O2S. The molecule has 1 aromatic heterocycles. The van der Waals surface area contributed by atoms with E-state index in [2.05, 4.69) is 10.7 Å². The van der Waals surface area contributed by atoms with Gasteiger partial charge in [-0.15, -0.1) is 0 Å². The molecule has 1 heterocycles. The van der Waals surface area contributed by atoms with Crippen molar-refractivity contribution in [3.8, 4) is 0 Å². The van der Waals surface area contributed by atoms with Crippen LogP contribution in [0.15, 0.2) is 24.3 Å². The van der Waals surface area contributed by atoms with E-state index in [1.807, 2.05) is 24.3 Å². The van der Waals surface area contributed by atoms with Crippen LogP contribution in [0, 0.1) is 0 Å². The number of para-hydroxylation sites is 1. The number of thiazole rings is 1. The lowest BCUT2D eigenvalue weighted by atomic mass is 10.3. The van der Waals surface area contributed by atoms with Crippen LogP contribution in [0.25, 0.3) is 10.2 Å². The molecular weight excluding hydrogens is 202 g/mol. The highest BCUT2D eigenvalue weighted by molar-refractivity contribution is 7.22. The van der Waals surface area contributed by atoms with Gasteiger partial charge in [-0.25, -0.2) is 9.78 Å². The van der Waals surface area contributed by atoms with Crippen molar-refractivity contribution in [2.75, 3.05) is 5.73 Å². The van der Waals surface area contributed by atoms with Gasteiger partial charge in [-0.2, -0.15) is 0 Å². The van der Waals surface area contributed by atoms with Crippen molar-refractivity contribution in [2.45, 2.75) is 0 Å². The van der Waals surface area contributed by atoms with Crippen LogP contribution in [-0.4, -0.2) is 16.2 Å². The summed E-state index contributed by atoms with van der Waals surface area (Å²) in [6, 6.07) is 7.92. The molecule has 0 radical (unpaired) electrons. The number of nitrogen functional groups attached to an aromatic ring is 1. The summed E-state index contributed by atoms with van der Waals surface area (Å²) >= 11 is 1.52. The molecule has 74 valence electrons. The van der Waals surface area contributed by atoms with E-state index in [-0.39, 0.29) is 0 Å². The highest BCUT2D eigenvalue weighted by Gasteiger charge is 1.96. The third-order valence-corrected chi connectivity index (χ3v) is 2.18. The van der Waals surface area contributed by atoms with Crippen molar-refractivity contribution in [1.29, 1.82) is 0 Å². The third-order valence-electron chi connectivity index (χ3n) is 1.31. The van der Waals surface area contributed by atoms with Crippen molar-refractivity contribution in [2.24, 2.45) is 5.73 Å². The number of nitrogens with two attached hydrogens (primary N) is 2. The molecule has 0 aliphatic heterocycles. The number of hydrogen-bond donors (Lipinski definition) is 3. The molecule has 2 rings (SSSR count). The van der Waals surface area contributed by atoms with E-state index in [0.29, 0.717) is 5.13 Å². The maximum absolute atomic E-state index is 8.78. The number of carbonyl (C=O) groups is 1. The first kappa shape index (κ1) is 10.3. The average Bonchev–Trinajstić information content (AvgIpc) is 2.42. The van der Waals surface area contributed by atoms with E-state index in [1.165, 1.54) is 11.3 Å². The minimum absolute atomic E-state index is 0.640. The number of benzene rings is 1. The van der Waals surface area contributed by atoms with Gasteiger partial charge in [0.25, 0.3) is 0 Å². The van der Waals surface area contributed by atoms with Gasteiger partial charge in [-0.1, -0.05) is 23.5 Å². The summed E-state index contributed by atoms with van der Waals surface area (Å²) in [4.78, 5) is 12.9. The second-order valence-corrected chi connectivity index (χ2v) is 3.42. The third kappa shape index (κ3) is 2.91. The summed E-state index contributed by atoms with van der Waals surface area (Å²) in [5.41, 5.74) is 10.5. The van der Waals surface area contributed by atoms with E-state index in [9.17, 15) is 0 Å². The van der Waals surface area contributed by atoms with Crippen molar-refractivity contribution < 1.29 is 9.90 Å². The lowest BCUT2D eigenvalue weighted by Crippen LogP contribution is -2.03. The molecule has 1 aromatic carbocycles. The fraction of sp³-hybridized carbons (Fsp3) is 0. The minimum atomic E-state index is -1.33. The van der Waals surface area contributed by atoms with Gasteiger partial charge in [-0.3, -0.25) is 0 Å². The lowest BCUT2D eigenvalue weighted by molar-refractivity contribution is 0.205. The summed E-state index contributed by atoms with van der Waals surface area (Å²) in [5, 5.41) is 7.83. The van der Waals surface area contributed by atoms with Crippen LogP contribution in [-0.2, 0) is 0 Å². The Hall–Kier alpha value is -1.82. The number of anilines is 1. The Balaban J connectivity index is 0.000000213. The Morgan fingerprint density at radius 1 is 1.43 bits per heavy atom. The van der Waals surface area contributed by atoms with E-state index in [0.717, 1.165) is 10.2 Å². The van der Waals surface area contributed by atoms with Crippen LogP contribution >= 0.6 is 11.3 Å². The van der Waals surface area contributed by atoms with E-state index in [1.54, 1.807) is 0 Å². The van der Waals surface area contributed by atoms with Crippen molar-refractivity contribution >= 4 is 32.8 Å². The Bertz CT molecular complexity index is 404. The molecule has 0 spiro atoms. The smallest absolute Gasteiger partial charge is 0.402 e. The summed E-state index contributed by atoms with van der Waals surface area (Å²) in [5.74, 6) is 0. The van der Waals surface area contributed by atoms with Gasteiger partial charge in [0.15, 0.2) is 5.13 Å². The van der Waals surface area contributed by atoms with E-state index >= 15 is 0 Å². The van der Waals surface area contributed by atoms with Crippen LogP contribution in [0.1, 0.15) is 0 Å². The van der Waals surface area contributed by atoms with Crippen LogP contribution in [0.5, 0.6) is 0 Å². The highest BCUT2D eigenvalue weighted by Crippen LogP contribution is 2.22. The van der Waals surface area contributed by atoms with Crippen LogP contribution in [0.2, 0.25) is 0 Å². The fourth-order valence-electron chi connectivity index (χ4n) is 0.890. The van der Waals surface area contributed by atoms with E-state index in [4.69, 9.17) is 15.6 Å². The maximum Gasteiger partial charge on any atom is 0.402 e. The molecule has 0 aliphatic carbocycles. The first-order chi connectivity index (χ1) is 6.59. The Morgan fingerprint density at radius 2 is 2.00 bits per heavy atom. The number of nitrogens with zero attached hydrogens (tertiary/aromatic N) is 1. The molecule has 14 heavy (non-hydrogen) atoms. The Morgan fingerprint density at radius 3 is 2.57 bits per heavy atom. The van der Waals surface area contributed by atoms with Gasteiger partial charge < -0.3 is 16.6 Å². The molecule has 0 atom stereocenters. The highest BCUT2D eigenvalue weighted by atomic mass is 32.1. The topological polar surface area (TPSA) is 102 Å². The zero-order valence-electron chi connectivity index (χ0n) is 7.18. The van der Waals surface area contributed by atoms with Crippen LogP contribution in [0.4, 0.5) is 9.93 Å². The molecule has 0 saturated heterocycles. The second-order valence-electron chi connectivity index (χ2n) is 2.36. The Kier molecular flexibility index (Phi) is 3.24. The Labute approximate surface area is 84.0 Å². The van der Waals surface area contributed by atoms with Gasteiger partial charge in [0.2, 0.25) is 0 Å². The SMILES string of the molecule is NC(=O)O.Nc1nc2ccccc2s1. The summed E-state index contributed by atoms with van der Waals surface area (Å²) in [7, 11) is 0. The number of carboxylic acid groups (broad SMARTS) is 1. The number of rotatable bonds is 0. The summed E-state index contributed by atoms with van der Waals surface area (Å²) in [6.07, 6.45) is -1.33. The molecule has 2 aromatic rings. The largest absolute Gasteiger partial charge is 0.465 e. The molecule has 6 heteroatoms. The van der Waals surface area contributed by atoms with Gasteiger partial charge in [-0.05, 0) is 12.1 Å². The molecule has 0 saturated carbocycles. The number of aromatic nitrogens is 1. The normalized spacial score (nSPS) is 9.14. The summed E-state index contributed by atoms with van der Waals surface area (Å²) < 4.78 is 1.15. The molecule has 0 bridgehead atoms. The van der Waals surface area contributed by atoms with Gasteiger partial charge in [0.1, 0.15) is 0 Å². The van der Waals surface area contributed by atoms with Crippen molar-refractivity contribution in [3.05, 3.63) is 24.3 Å². The molecule has 5 N–H and O–H groups in total. The zero-order valence-corrected chi connectivity index (χ0v) is 7.99. The van der Waals surface area contributed by atoms with Crippen molar-refractivity contribution in [3.63, 3.8) is 0 Å². The second kappa shape index (κ2) is 4.43. The number of hydrogen-bond acceptors (Lipinski definition) is 4. The molecule has 0 aliphatic rings. The lowest BCUT2D eigenvalue weighted by Gasteiger charge is -1.80. The monoisotopic (exact) mass is 211 g/mol. The van der Waals surface area contributed by atoms with Gasteiger partial charge in [0.05, 0.1) is 10.2 Å². The molecule has 1 amide bonds. The maximum atomic E-state index is 8.78. The predicted molar refractivity (Wildman–Crippen MR) is 56.2 cm³/mol. The molecule has 0 unspecified atom stereocenters. The minimum Gasteiger partial charge on any atom is -0.465 e. The molecule has 5 nitrogen and oxygen atoms in total. The first-order valence-corrected chi connectivity index (χ1v) is 4.50. The number of primary amides is 1. The predicted octanol–water partition coefficient (Wildman–Crippen LogP) is 1.50. The van der Waals surface area contributed by atoms with Crippen molar-refractivity contribution in [1.82, 2.24) is 4.98 Å². The van der Waals surface area contributed by atoms with E-state index < -0.39 is 6.09 Å². The first-order valence-electron chi connectivity index (χ1n) is 3.69. The fourth-order valence-corrected chi connectivity index (χ4v) is 1.62. The number of amides is 1. The molecule has 0 fully saturated rings. The standard InChI is InChI=1S/C7H6N2S.CH3NO2/c8-7-9-5-3-1-2-4-6(5)10-7;2-1(3)4/h1-4H,(H2,8,9);2H2,(H,3,4). The summed E-state index contributed by atoms with van der Waals surface area (Å²) in [6.45, 7) is 0. The van der Waals surface area contributed by atoms with Gasteiger partial charge >= 0.3 is 6.09 Å². The zero-order chi connectivity index (χ0) is 10.6. The van der Waals surface area contributed by atoms with Gasteiger partial charge in [0, 0.05) is 0 Å².